The summed E-state index contributed by atoms with van der Waals surface area (Å²) >= 11 is 0. The molecule has 1 aliphatic rings. The van der Waals surface area contributed by atoms with Crippen molar-refractivity contribution in [3.8, 4) is 0 Å². The SMILES string of the molecule is CC(C)N(CC1CCCCN1)C(C)c1cccnc1. The van der Waals surface area contributed by atoms with Gasteiger partial charge in [-0.2, -0.15) is 0 Å². The van der Waals surface area contributed by atoms with Gasteiger partial charge in [-0.3, -0.25) is 9.88 Å². The summed E-state index contributed by atoms with van der Waals surface area (Å²) in [6.45, 7) is 9.18. The maximum absolute atomic E-state index is 4.25. The Bertz CT molecular complexity index is 358. The smallest absolute Gasteiger partial charge is 0.0338 e. The van der Waals surface area contributed by atoms with E-state index in [2.05, 4.69) is 42.0 Å². The molecule has 0 amide bonds. The van der Waals surface area contributed by atoms with Crippen LogP contribution in [0.2, 0.25) is 0 Å². The first-order valence-electron chi connectivity index (χ1n) is 7.57. The van der Waals surface area contributed by atoms with E-state index in [1.165, 1.54) is 31.4 Å². The zero-order valence-corrected chi connectivity index (χ0v) is 12.5. The molecule has 0 spiro atoms. The minimum absolute atomic E-state index is 0.428. The second kappa shape index (κ2) is 7.01. The van der Waals surface area contributed by atoms with Gasteiger partial charge in [0.25, 0.3) is 0 Å². The summed E-state index contributed by atoms with van der Waals surface area (Å²) in [4.78, 5) is 6.84. The molecule has 0 bridgehead atoms. The molecule has 1 fully saturated rings. The summed E-state index contributed by atoms with van der Waals surface area (Å²) in [5.41, 5.74) is 1.31. The maximum atomic E-state index is 4.25. The molecular formula is C16H27N3. The van der Waals surface area contributed by atoms with Crippen molar-refractivity contribution >= 4 is 0 Å². The summed E-state index contributed by atoms with van der Waals surface area (Å²) < 4.78 is 0. The van der Waals surface area contributed by atoms with Gasteiger partial charge in [0, 0.05) is 37.1 Å². The molecule has 106 valence electrons. The van der Waals surface area contributed by atoms with Crippen LogP contribution in [0.5, 0.6) is 0 Å². The van der Waals surface area contributed by atoms with Crippen molar-refractivity contribution in [1.29, 1.82) is 0 Å². The average Bonchev–Trinajstić information content (AvgIpc) is 2.46. The van der Waals surface area contributed by atoms with Crippen molar-refractivity contribution < 1.29 is 0 Å². The Balaban J connectivity index is 2.02. The van der Waals surface area contributed by atoms with E-state index in [0.29, 0.717) is 18.1 Å². The van der Waals surface area contributed by atoms with E-state index in [4.69, 9.17) is 0 Å². The Kier molecular flexibility index (Phi) is 5.34. The first kappa shape index (κ1) is 14.5. The maximum Gasteiger partial charge on any atom is 0.0338 e. The Morgan fingerprint density at radius 1 is 1.37 bits per heavy atom. The largest absolute Gasteiger partial charge is 0.313 e. The van der Waals surface area contributed by atoms with Crippen LogP contribution in [0, 0.1) is 0 Å². The van der Waals surface area contributed by atoms with E-state index in [1.807, 2.05) is 18.5 Å². The fraction of sp³-hybridized carbons (Fsp3) is 0.688. The molecule has 19 heavy (non-hydrogen) atoms. The number of hydrogen-bond donors (Lipinski definition) is 1. The van der Waals surface area contributed by atoms with Crippen LogP contribution < -0.4 is 5.32 Å². The van der Waals surface area contributed by atoms with Gasteiger partial charge in [0.15, 0.2) is 0 Å². The zero-order chi connectivity index (χ0) is 13.7. The van der Waals surface area contributed by atoms with Crippen LogP contribution in [-0.2, 0) is 0 Å². The molecule has 0 saturated carbocycles. The number of aromatic nitrogens is 1. The molecule has 2 heterocycles. The second-order valence-corrected chi connectivity index (χ2v) is 5.90. The zero-order valence-electron chi connectivity index (χ0n) is 12.5. The summed E-state index contributed by atoms with van der Waals surface area (Å²) in [6.07, 6.45) is 7.84. The van der Waals surface area contributed by atoms with Gasteiger partial charge in [-0.1, -0.05) is 12.5 Å². The number of nitrogens with one attached hydrogen (secondary N) is 1. The van der Waals surface area contributed by atoms with Gasteiger partial charge in [0.05, 0.1) is 0 Å². The quantitative estimate of drug-likeness (QED) is 0.883. The van der Waals surface area contributed by atoms with E-state index in [9.17, 15) is 0 Å². The van der Waals surface area contributed by atoms with E-state index in [-0.39, 0.29) is 0 Å². The summed E-state index contributed by atoms with van der Waals surface area (Å²) in [6, 6.07) is 5.84. The van der Waals surface area contributed by atoms with Crippen molar-refractivity contribution in [2.75, 3.05) is 13.1 Å². The van der Waals surface area contributed by atoms with E-state index in [1.54, 1.807) is 0 Å². The molecule has 0 aliphatic carbocycles. The standard InChI is InChI=1S/C16H27N3/c1-13(2)19(12-16-8-4-5-10-18-16)14(3)15-7-6-9-17-11-15/h6-7,9,11,13-14,16,18H,4-5,8,10,12H2,1-3H3. The normalized spacial score (nSPS) is 21.8. The summed E-state index contributed by atoms with van der Waals surface area (Å²) in [5.74, 6) is 0. The molecule has 1 N–H and O–H groups in total. The highest BCUT2D eigenvalue weighted by Crippen LogP contribution is 2.23. The molecular weight excluding hydrogens is 234 g/mol. The molecule has 1 aromatic rings. The molecule has 2 rings (SSSR count). The van der Waals surface area contributed by atoms with Gasteiger partial charge >= 0.3 is 0 Å². The molecule has 3 nitrogen and oxygen atoms in total. The molecule has 2 unspecified atom stereocenters. The van der Waals surface area contributed by atoms with E-state index >= 15 is 0 Å². The lowest BCUT2D eigenvalue weighted by Crippen LogP contribution is -2.46. The van der Waals surface area contributed by atoms with Crippen molar-refractivity contribution in [1.82, 2.24) is 15.2 Å². The monoisotopic (exact) mass is 261 g/mol. The number of nitrogens with zero attached hydrogens (tertiary/aromatic N) is 2. The van der Waals surface area contributed by atoms with Crippen molar-refractivity contribution in [2.24, 2.45) is 0 Å². The van der Waals surface area contributed by atoms with Gasteiger partial charge in [0.2, 0.25) is 0 Å². The first-order valence-corrected chi connectivity index (χ1v) is 7.57. The molecule has 1 aromatic heterocycles. The van der Waals surface area contributed by atoms with E-state index < -0.39 is 0 Å². The first-order chi connectivity index (χ1) is 9.18. The highest BCUT2D eigenvalue weighted by Gasteiger charge is 2.23. The van der Waals surface area contributed by atoms with Crippen LogP contribution >= 0.6 is 0 Å². The molecule has 0 radical (unpaired) electrons. The summed E-state index contributed by atoms with van der Waals surface area (Å²) in [5, 5.41) is 3.65. The van der Waals surface area contributed by atoms with Crippen LogP contribution in [0.1, 0.15) is 51.6 Å². The third-order valence-electron chi connectivity index (χ3n) is 4.17. The Morgan fingerprint density at radius 3 is 2.79 bits per heavy atom. The van der Waals surface area contributed by atoms with Gasteiger partial charge in [-0.15, -0.1) is 0 Å². The van der Waals surface area contributed by atoms with Crippen molar-refractivity contribution in [3.05, 3.63) is 30.1 Å². The minimum Gasteiger partial charge on any atom is -0.313 e. The predicted octanol–water partition coefficient (Wildman–Crippen LogP) is 3.00. The van der Waals surface area contributed by atoms with Gasteiger partial charge in [0.1, 0.15) is 0 Å². The molecule has 0 aromatic carbocycles. The lowest BCUT2D eigenvalue weighted by atomic mass is 10.0. The lowest BCUT2D eigenvalue weighted by Gasteiger charge is -2.37. The van der Waals surface area contributed by atoms with Crippen molar-refractivity contribution in [3.63, 3.8) is 0 Å². The molecule has 2 atom stereocenters. The third-order valence-corrected chi connectivity index (χ3v) is 4.17. The van der Waals surface area contributed by atoms with Gasteiger partial charge < -0.3 is 5.32 Å². The predicted molar refractivity (Wildman–Crippen MR) is 80.1 cm³/mol. The Hall–Kier alpha value is -0.930. The fourth-order valence-corrected chi connectivity index (χ4v) is 2.97. The van der Waals surface area contributed by atoms with Crippen LogP contribution in [0.25, 0.3) is 0 Å². The summed E-state index contributed by atoms with van der Waals surface area (Å²) in [7, 11) is 0. The number of rotatable bonds is 5. The highest BCUT2D eigenvalue weighted by molar-refractivity contribution is 5.13. The van der Waals surface area contributed by atoms with Crippen LogP contribution in [0.15, 0.2) is 24.5 Å². The molecule has 1 saturated heterocycles. The lowest BCUT2D eigenvalue weighted by molar-refractivity contribution is 0.137. The second-order valence-electron chi connectivity index (χ2n) is 5.90. The highest BCUT2D eigenvalue weighted by atomic mass is 15.2. The van der Waals surface area contributed by atoms with Gasteiger partial charge in [-0.25, -0.2) is 0 Å². The van der Waals surface area contributed by atoms with Gasteiger partial charge in [-0.05, 0) is 51.8 Å². The number of piperidine rings is 1. The van der Waals surface area contributed by atoms with Crippen LogP contribution in [-0.4, -0.2) is 35.1 Å². The topological polar surface area (TPSA) is 28.2 Å². The number of hydrogen-bond acceptors (Lipinski definition) is 3. The fourth-order valence-electron chi connectivity index (χ4n) is 2.97. The minimum atomic E-state index is 0.428. The van der Waals surface area contributed by atoms with Crippen LogP contribution in [0.3, 0.4) is 0 Å². The number of pyridine rings is 1. The molecule has 1 aliphatic heterocycles. The van der Waals surface area contributed by atoms with Crippen molar-refractivity contribution in [2.45, 2.75) is 58.2 Å². The third kappa shape index (κ3) is 4.02. The Labute approximate surface area is 117 Å². The van der Waals surface area contributed by atoms with E-state index in [0.717, 1.165) is 6.54 Å². The Morgan fingerprint density at radius 2 is 2.21 bits per heavy atom. The van der Waals surface area contributed by atoms with Crippen LogP contribution in [0.4, 0.5) is 0 Å². The average molecular weight is 261 g/mol. The molecule has 3 heteroatoms.